The van der Waals surface area contributed by atoms with Crippen LogP contribution in [0.4, 0.5) is 0 Å². The van der Waals surface area contributed by atoms with E-state index in [4.69, 9.17) is 10.9 Å². The first-order valence-corrected chi connectivity index (χ1v) is 5.83. The van der Waals surface area contributed by atoms with E-state index in [-0.39, 0.29) is 18.2 Å². The SMILES string of the molecule is CC(NC(=O)Cc1ccc(Br)cc1)/C(N)=N/O. The van der Waals surface area contributed by atoms with Crippen LogP contribution in [0.1, 0.15) is 12.5 Å². The quantitative estimate of drug-likeness (QED) is 0.338. The maximum atomic E-state index is 11.6. The van der Waals surface area contributed by atoms with Crippen molar-refractivity contribution in [3.63, 3.8) is 0 Å². The fourth-order valence-electron chi connectivity index (χ4n) is 1.24. The molecule has 0 fully saturated rings. The van der Waals surface area contributed by atoms with Crippen molar-refractivity contribution in [3.8, 4) is 0 Å². The lowest BCUT2D eigenvalue weighted by molar-refractivity contribution is -0.120. The molecule has 0 aliphatic heterocycles. The maximum Gasteiger partial charge on any atom is 0.224 e. The first kappa shape index (κ1) is 13.5. The van der Waals surface area contributed by atoms with Crippen LogP contribution in [-0.4, -0.2) is 23.0 Å². The number of hydrogen-bond acceptors (Lipinski definition) is 3. The summed E-state index contributed by atoms with van der Waals surface area (Å²) < 4.78 is 0.965. The summed E-state index contributed by atoms with van der Waals surface area (Å²) in [6.45, 7) is 1.65. The van der Waals surface area contributed by atoms with Gasteiger partial charge < -0.3 is 16.3 Å². The lowest BCUT2D eigenvalue weighted by Gasteiger charge is -2.12. The molecule has 6 heteroatoms. The van der Waals surface area contributed by atoms with Gasteiger partial charge in [0.1, 0.15) is 0 Å². The van der Waals surface area contributed by atoms with Crippen LogP contribution in [-0.2, 0) is 11.2 Å². The molecule has 17 heavy (non-hydrogen) atoms. The Labute approximate surface area is 108 Å². The molecule has 1 amide bonds. The molecule has 0 spiro atoms. The Morgan fingerprint density at radius 3 is 2.65 bits per heavy atom. The van der Waals surface area contributed by atoms with Gasteiger partial charge in [0.25, 0.3) is 0 Å². The van der Waals surface area contributed by atoms with Crippen LogP contribution in [0.3, 0.4) is 0 Å². The van der Waals surface area contributed by atoms with Crippen molar-refractivity contribution in [1.29, 1.82) is 0 Å². The number of carbonyl (C=O) groups excluding carboxylic acids is 1. The molecule has 1 rings (SSSR count). The molecule has 0 heterocycles. The number of rotatable bonds is 4. The zero-order valence-electron chi connectivity index (χ0n) is 9.35. The third-order valence-electron chi connectivity index (χ3n) is 2.21. The predicted molar refractivity (Wildman–Crippen MR) is 68.9 cm³/mol. The highest BCUT2D eigenvalue weighted by molar-refractivity contribution is 9.10. The highest BCUT2D eigenvalue weighted by Gasteiger charge is 2.11. The summed E-state index contributed by atoms with van der Waals surface area (Å²) in [7, 11) is 0. The van der Waals surface area contributed by atoms with Crippen molar-refractivity contribution in [2.45, 2.75) is 19.4 Å². The van der Waals surface area contributed by atoms with Crippen LogP contribution < -0.4 is 11.1 Å². The molecule has 1 aromatic carbocycles. The number of amides is 1. The molecule has 0 aromatic heterocycles. The van der Waals surface area contributed by atoms with Gasteiger partial charge in [-0.05, 0) is 24.6 Å². The van der Waals surface area contributed by atoms with Gasteiger partial charge in [0.2, 0.25) is 5.91 Å². The van der Waals surface area contributed by atoms with E-state index in [1.165, 1.54) is 0 Å². The summed E-state index contributed by atoms with van der Waals surface area (Å²) in [4.78, 5) is 11.6. The molecule has 0 bridgehead atoms. The Kier molecular flexibility index (Phi) is 4.96. The molecule has 1 unspecified atom stereocenters. The van der Waals surface area contributed by atoms with Crippen LogP contribution in [0.25, 0.3) is 0 Å². The fourth-order valence-corrected chi connectivity index (χ4v) is 1.51. The zero-order valence-corrected chi connectivity index (χ0v) is 10.9. The van der Waals surface area contributed by atoms with E-state index in [0.29, 0.717) is 0 Å². The van der Waals surface area contributed by atoms with E-state index in [0.717, 1.165) is 10.0 Å². The minimum absolute atomic E-state index is 0.0193. The first-order valence-electron chi connectivity index (χ1n) is 5.04. The standard InChI is InChI=1S/C11H14BrN3O2/c1-7(11(13)15-17)14-10(16)6-8-2-4-9(12)5-3-8/h2-5,7,17H,6H2,1H3,(H2,13,15)(H,14,16). The Bertz CT molecular complexity index is 417. The van der Waals surface area contributed by atoms with Crippen LogP contribution in [0.5, 0.6) is 0 Å². The van der Waals surface area contributed by atoms with E-state index < -0.39 is 6.04 Å². The topological polar surface area (TPSA) is 87.7 Å². The van der Waals surface area contributed by atoms with Gasteiger partial charge in [-0.1, -0.05) is 33.2 Å². The highest BCUT2D eigenvalue weighted by Crippen LogP contribution is 2.10. The average molecular weight is 300 g/mol. The summed E-state index contributed by atoms with van der Waals surface area (Å²) in [5.74, 6) is -0.194. The smallest absolute Gasteiger partial charge is 0.224 e. The third-order valence-corrected chi connectivity index (χ3v) is 2.74. The summed E-state index contributed by atoms with van der Waals surface area (Å²) >= 11 is 3.32. The Hall–Kier alpha value is -1.56. The monoisotopic (exact) mass is 299 g/mol. The van der Waals surface area contributed by atoms with E-state index in [1.807, 2.05) is 24.3 Å². The van der Waals surface area contributed by atoms with Gasteiger partial charge in [0.15, 0.2) is 5.84 Å². The van der Waals surface area contributed by atoms with Crippen molar-refractivity contribution in [2.75, 3.05) is 0 Å². The van der Waals surface area contributed by atoms with Crippen LogP contribution in [0.15, 0.2) is 33.9 Å². The zero-order chi connectivity index (χ0) is 12.8. The molecule has 0 saturated carbocycles. The lowest BCUT2D eigenvalue weighted by Crippen LogP contribution is -2.43. The largest absolute Gasteiger partial charge is 0.409 e. The second-order valence-electron chi connectivity index (χ2n) is 3.62. The minimum Gasteiger partial charge on any atom is -0.409 e. The molecule has 92 valence electrons. The number of halogens is 1. The number of nitrogens with zero attached hydrogens (tertiary/aromatic N) is 1. The summed E-state index contributed by atoms with van der Waals surface area (Å²) in [6.07, 6.45) is 0.260. The lowest BCUT2D eigenvalue weighted by atomic mass is 10.1. The van der Waals surface area contributed by atoms with Gasteiger partial charge in [0.05, 0.1) is 12.5 Å². The summed E-state index contributed by atoms with van der Waals surface area (Å²) in [5, 5.41) is 13.9. The molecular weight excluding hydrogens is 286 g/mol. The van der Waals surface area contributed by atoms with E-state index in [2.05, 4.69) is 26.4 Å². The molecule has 5 nitrogen and oxygen atoms in total. The van der Waals surface area contributed by atoms with Crippen LogP contribution >= 0.6 is 15.9 Å². The molecule has 0 aliphatic rings. The van der Waals surface area contributed by atoms with Crippen molar-refractivity contribution >= 4 is 27.7 Å². The number of carbonyl (C=O) groups is 1. The second kappa shape index (κ2) is 6.24. The normalized spacial score (nSPS) is 13.2. The maximum absolute atomic E-state index is 11.6. The number of hydrogen-bond donors (Lipinski definition) is 3. The van der Waals surface area contributed by atoms with Crippen LogP contribution in [0, 0.1) is 0 Å². The molecular formula is C11H14BrN3O2. The number of nitrogens with one attached hydrogen (secondary N) is 1. The van der Waals surface area contributed by atoms with E-state index >= 15 is 0 Å². The molecule has 0 aliphatic carbocycles. The van der Waals surface area contributed by atoms with Crippen molar-refractivity contribution in [3.05, 3.63) is 34.3 Å². The van der Waals surface area contributed by atoms with Gasteiger partial charge in [-0.2, -0.15) is 0 Å². The first-order chi connectivity index (χ1) is 8.02. The average Bonchev–Trinajstić information content (AvgIpc) is 2.30. The molecule has 0 radical (unpaired) electrons. The van der Waals surface area contributed by atoms with Gasteiger partial charge >= 0.3 is 0 Å². The summed E-state index contributed by atoms with van der Waals surface area (Å²) in [5.41, 5.74) is 6.26. The molecule has 4 N–H and O–H groups in total. The van der Waals surface area contributed by atoms with E-state index in [9.17, 15) is 4.79 Å². The second-order valence-corrected chi connectivity index (χ2v) is 4.53. The molecule has 1 atom stereocenters. The Morgan fingerprint density at radius 2 is 2.12 bits per heavy atom. The van der Waals surface area contributed by atoms with Gasteiger partial charge in [-0.3, -0.25) is 4.79 Å². The fraction of sp³-hybridized carbons (Fsp3) is 0.273. The number of oxime groups is 1. The molecule has 0 saturated heterocycles. The van der Waals surface area contributed by atoms with Gasteiger partial charge in [-0.25, -0.2) is 0 Å². The van der Waals surface area contributed by atoms with Gasteiger partial charge in [-0.15, -0.1) is 0 Å². The van der Waals surface area contributed by atoms with Crippen molar-refractivity contribution in [1.82, 2.24) is 5.32 Å². The van der Waals surface area contributed by atoms with Crippen molar-refractivity contribution < 1.29 is 10.0 Å². The highest BCUT2D eigenvalue weighted by atomic mass is 79.9. The predicted octanol–water partition coefficient (Wildman–Crippen LogP) is 1.24. The van der Waals surface area contributed by atoms with Gasteiger partial charge in [0, 0.05) is 4.47 Å². The third kappa shape index (κ3) is 4.44. The number of benzene rings is 1. The Morgan fingerprint density at radius 1 is 1.53 bits per heavy atom. The number of nitrogens with two attached hydrogens (primary N) is 1. The minimum atomic E-state index is -0.483. The summed E-state index contributed by atoms with van der Waals surface area (Å²) in [6, 6.07) is 6.98. The van der Waals surface area contributed by atoms with E-state index in [1.54, 1.807) is 6.92 Å². The van der Waals surface area contributed by atoms with Crippen LogP contribution in [0.2, 0.25) is 0 Å². The van der Waals surface area contributed by atoms with Crippen molar-refractivity contribution in [2.24, 2.45) is 10.9 Å². The molecule has 1 aromatic rings. The number of amidine groups is 1. The Balaban J connectivity index is 2.53.